The lowest BCUT2D eigenvalue weighted by Crippen LogP contribution is -2.51. The summed E-state index contributed by atoms with van der Waals surface area (Å²) in [5.41, 5.74) is 2.71. The highest BCUT2D eigenvalue weighted by atomic mass is 35.5. The van der Waals surface area contributed by atoms with Crippen LogP contribution in [-0.2, 0) is 16.8 Å². The fourth-order valence-corrected chi connectivity index (χ4v) is 7.54. The number of carbonyl (C=O) groups is 1. The number of nitrogens with zero attached hydrogens (tertiary/aromatic N) is 7. The largest absolute Gasteiger partial charge is 0.487 e. The zero-order valence-electron chi connectivity index (χ0n) is 30.1. The van der Waals surface area contributed by atoms with Gasteiger partial charge in [0.05, 0.1) is 12.3 Å². The zero-order valence-corrected chi connectivity index (χ0v) is 30.8. The number of benzene rings is 2. The second-order valence-corrected chi connectivity index (χ2v) is 15.8. The van der Waals surface area contributed by atoms with Crippen LogP contribution in [0.2, 0.25) is 5.02 Å². The number of carbonyl (C=O) groups excluding carboxylic acids is 1. The van der Waals surface area contributed by atoms with E-state index in [9.17, 15) is 4.79 Å². The second-order valence-electron chi connectivity index (χ2n) is 15.4. The number of aromatic nitrogens is 2. The first-order chi connectivity index (χ1) is 23.9. The monoisotopic (exact) mass is 699 g/mol. The average molecular weight is 700 g/mol. The summed E-state index contributed by atoms with van der Waals surface area (Å²) in [5, 5.41) is 0.569. The molecule has 0 aliphatic carbocycles. The lowest BCUT2D eigenvalue weighted by atomic mass is 9.78. The molecule has 2 unspecified atom stereocenters. The van der Waals surface area contributed by atoms with Crippen LogP contribution in [0.5, 0.6) is 5.75 Å². The van der Waals surface area contributed by atoms with Gasteiger partial charge in [-0.15, -0.1) is 0 Å². The van der Waals surface area contributed by atoms with Crippen LogP contribution in [0.4, 0.5) is 16.4 Å². The van der Waals surface area contributed by atoms with Crippen molar-refractivity contribution >= 4 is 29.3 Å². The molecule has 3 aliphatic rings. The van der Waals surface area contributed by atoms with E-state index < -0.39 is 5.60 Å². The minimum Gasteiger partial charge on any atom is -0.487 e. The molecule has 0 N–H and O–H groups in total. The highest BCUT2D eigenvalue weighted by Gasteiger charge is 2.35. The molecule has 266 valence electrons. The predicted octanol–water partition coefficient (Wildman–Crippen LogP) is 7.04. The van der Waals surface area contributed by atoms with Crippen LogP contribution in [-0.4, -0.2) is 101 Å². The Kier molecular flexibility index (Phi) is 10.9. The number of ether oxygens (including phenoxy) is 2. The van der Waals surface area contributed by atoms with Gasteiger partial charge >= 0.3 is 6.09 Å². The Morgan fingerprint density at radius 2 is 1.70 bits per heavy atom. The van der Waals surface area contributed by atoms with E-state index in [4.69, 9.17) is 32.6 Å². The summed E-state index contributed by atoms with van der Waals surface area (Å²) in [6.45, 7) is 26.4. The predicted molar refractivity (Wildman–Crippen MR) is 197 cm³/mol. The molecule has 50 heavy (non-hydrogen) atoms. The quantitative estimate of drug-likeness (QED) is 0.220. The highest BCUT2D eigenvalue weighted by molar-refractivity contribution is 6.31. The van der Waals surface area contributed by atoms with E-state index in [0.29, 0.717) is 29.3 Å². The maximum absolute atomic E-state index is 12.5. The zero-order chi connectivity index (χ0) is 35.5. The minimum absolute atomic E-state index is 0.182. The number of rotatable bonds is 9. The molecule has 1 amide bonds. The Morgan fingerprint density at radius 3 is 2.42 bits per heavy atom. The van der Waals surface area contributed by atoms with Crippen molar-refractivity contribution in [1.29, 1.82) is 0 Å². The van der Waals surface area contributed by atoms with Gasteiger partial charge in [0.15, 0.2) is 5.69 Å². The first kappa shape index (κ1) is 35.9. The van der Waals surface area contributed by atoms with E-state index in [1.165, 1.54) is 6.42 Å². The molecule has 3 aliphatic heterocycles. The van der Waals surface area contributed by atoms with Crippen molar-refractivity contribution in [3.8, 4) is 5.75 Å². The van der Waals surface area contributed by atoms with Crippen molar-refractivity contribution < 1.29 is 14.3 Å². The fourth-order valence-electron chi connectivity index (χ4n) is 7.31. The summed E-state index contributed by atoms with van der Waals surface area (Å²) in [4.78, 5) is 34.9. The summed E-state index contributed by atoms with van der Waals surface area (Å²) in [5.74, 6) is 2.04. The van der Waals surface area contributed by atoms with Crippen LogP contribution in [0.3, 0.4) is 0 Å². The Hall–Kier alpha value is -3.91. The second kappa shape index (κ2) is 15.1. The van der Waals surface area contributed by atoms with Crippen molar-refractivity contribution in [3.05, 3.63) is 88.0 Å². The number of hydrogen-bond donors (Lipinski definition) is 0. The topological polar surface area (TPSA) is 78.6 Å². The molecular weight excluding hydrogens is 650 g/mol. The third kappa shape index (κ3) is 8.87. The molecule has 0 spiro atoms. The van der Waals surface area contributed by atoms with Gasteiger partial charge in [-0.05, 0) is 87.5 Å². The van der Waals surface area contributed by atoms with E-state index in [1.54, 1.807) is 6.07 Å². The molecule has 0 saturated carbocycles. The smallest absolute Gasteiger partial charge is 0.410 e. The standard InChI is InChI=1S/C39H50ClN7O3/c1-38(2,3)50-37(48)47-16-12-28(25-47)24-44-15-13-34(26-44)45-17-19-46(20-18-45)36-42-14-11-32(43-36)27-49-35-9-7-29(8-10-35)39(4,5)30-21-31(40)23-33(22-30)41-6/h7-11,14,21-23,28,34H,12-13,15-20,24-27H2,1-5H3. The Labute approximate surface area is 302 Å². The molecule has 1 aromatic heterocycles. The molecular formula is C39H50ClN7O3. The minimum atomic E-state index is -0.455. The Balaban J connectivity index is 0.952. The summed E-state index contributed by atoms with van der Waals surface area (Å²) in [7, 11) is 0. The maximum atomic E-state index is 12.5. The van der Waals surface area contributed by atoms with Crippen LogP contribution in [0.1, 0.15) is 64.3 Å². The van der Waals surface area contributed by atoms with E-state index in [0.717, 1.165) is 93.8 Å². The van der Waals surface area contributed by atoms with Crippen LogP contribution < -0.4 is 9.64 Å². The third-order valence-electron chi connectivity index (χ3n) is 10.2. The summed E-state index contributed by atoms with van der Waals surface area (Å²) >= 11 is 6.30. The van der Waals surface area contributed by atoms with Gasteiger partial charge in [-0.3, -0.25) is 4.90 Å². The normalized spacial score (nSPS) is 20.6. The summed E-state index contributed by atoms with van der Waals surface area (Å²) < 4.78 is 11.7. The van der Waals surface area contributed by atoms with Gasteiger partial charge in [0.2, 0.25) is 5.95 Å². The van der Waals surface area contributed by atoms with E-state index in [1.807, 2.05) is 62.2 Å². The first-order valence-electron chi connectivity index (χ1n) is 17.8. The lowest BCUT2D eigenvalue weighted by molar-refractivity contribution is 0.0285. The molecule has 0 bridgehead atoms. The van der Waals surface area contributed by atoms with Crippen LogP contribution >= 0.6 is 11.6 Å². The van der Waals surface area contributed by atoms with Crippen molar-refractivity contribution in [2.24, 2.45) is 5.92 Å². The third-order valence-corrected chi connectivity index (χ3v) is 10.4. The molecule has 4 heterocycles. The van der Waals surface area contributed by atoms with Crippen molar-refractivity contribution in [2.75, 3.05) is 63.8 Å². The van der Waals surface area contributed by atoms with Crippen LogP contribution in [0, 0.1) is 12.5 Å². The molecule has 2 atom stereocenters. The molecule has 2 aromatic carbocycles. The van der Waals surface area contributed by atoms with Crippen molar-refractivity contribution in [2.45, 2.75) is 71.1 Å². The van der Waals surface area contributed by atoms with E-state index in [-0.39, 0.29) is 11.5 Å². The summed E-state index contributed by atoms with van der Waals surface area (Å²) in [6.07, 6.45) is 3.88. The number of piperazine rings is 1. The van der Waals surface area contributed by atoms with Crippen LogP contribution in [0.15, 0.2) is 54.7 Å². The Bertz CT molecular complexity index is 1680. The molecule has 10 nitrogen and oxygen atoms in total. The van der Waals surface area contributed by atoms with Crippen molar-refractivity contribution in [1.82, 2.24) is 24.7 Å². The molecule has 0 radical (unpaired) electrons. The average Bonchev–Trinajstić information content (AvgIpc) is 3.77. The van der Waals surface area contributed by atoms with Gasteiger partial charge in [0.1, 0.15) is 18.0 Å². The Morgan fingerprint density at radius 1 is 0.940 bits per heavy atom. The number of anilines is 1. The summed E-state index contributed by atoms with van der Waals surface area (Å²) in [6, 6.07) is 16.1. The van der Waals surface area contributed by atoms with E-state index >= 15 is 0 Å². The van der Waals surface area contributed by atoms with Crippen LogP contribution in [0.25, 0.3) is 4.85 Å². The molecule has 3 fully saturated rings. The maximum Gasteiger partial charge on any atom is 0.410 e. The number of likely N-dealkylation sites (tertiary alicyclic amines) is 2. The molecule has 3 saturated heterocycles. The van der Waals surface area contributed by atoms with Gasteiger partial charge in [-0.2, -0.15) is 0 Å². The van der Waals surface area contributed by atoms with Gasteiger partial charge in [0.25, 0.3) is 0 Å². The molecule has 11 heteroatoms. The number of hydrogen-bond acceptors (Lipinski definition) is 8. The lowest BCUT2D eigenvalue weighted by Gasteiger charge is -2.38. The molecule has 6 rings (SSSR count). The fraction of sp³-hybridized carbons (Fsp3) is 0.538. The van der Waals surface area contributed by atoms with Gasteiger partial charge < -0.3 is 24.2 Å². The van der Waals surface area contributed by atoms with E-state index in [2.05, 4.69) is 50.5 Å². The van der Waals surface area contributed by atoms with Gasteiger partial charge in [-0.25, -0.2) is 19.6 Å². The first-order valence-corrected chi connectivity index (χ1v) is 18.2. The highest BCUT2D eigenvalue weighted by Crippen LogP contribution is 2.36. The van der Waals surface area contributed by atoms with Gasteiger partial charge in [-0.1, -0.05) is 43.6 Å². The molecule has 3 aromatic rings. The van der Waals surface area contributed by atoms with Crippen molar-refractivity contribution in [3.63, 3.8) is 0 Å². The number of halogens is 1. The SMILES string of the molecule is [C-]#[N+]c1cc(Cl)cc(C(C)(C)c2ccc(OCc3ccnc(N4CCN(C5CCN(CC6CCN(C(=O)OC(C)(C)C)C6)C5)CC4)n3)cc2)c1. The number of amides is 1. The van der Waals surface area contributed by atoms with Gasteiger partial charge in [0, 0.05) is 75.0 Å².